The molecule has 6 heteroatoms. The second kappa shape index (κ2) is 7.11. The summed E-state index contributed by atoms with van der Waals surface area (Å²) in [5.41, 5.74) is -0.782. The number of carbonyl (C=O) groups excluding carboxylic acids is 1. The molecule has 3 N–H and O–H groups in total. The van der Waals surface area contributed by atoms with Gasteiger partial charge in [-0.25, -0.2) is 4.79 Å². The SMILES string of the molecule is CC(NC(=O)NCC1(C(=O)O)CCCCC1)C1CCOC1. The van der Waals surface area contributed by atoms with Gasteiger partial charge in [0.15, 0.2) is 0 Å². The molecule has 2 aliphatic rings. The molecule has 0 aromatic heterocycles. The van der Waals surface area contributed by atoms with E-state index in [1.165, 1.54) is 0 Å². The molecule has 0 spiro atoms. The van der Waals surface area contributed by atoms with Crippen LogP contribution in [0.1, 0.15) is 45.4 Å². The molecule has 0 radical (unpaired) electrons. The van der Waals surface area contributed by atoms with Crippen LogP contribution in [0.5, 0.6) is 0 Å². The van der Waals surface area contributed by atoms with Gasteiger partial charge in [-0.3, -0.25) is 4.79 Å². The molecule has 2 rings (SSSR count). The first-order valence-electron chi connectivity index (χ1n) is 7.89. The van der Waals surface area contributed by atoms with Gasteiger partial charge >= 0.3 is 12.0 Å². The molecule has 2 fully saturated rings. The summed E-state index contributed by atoms with van der Waals surface area (Å²) in [4.78, 5) is 23.5. The number of nitrogens with one attached hydrogen (secondary N) is 2. The molecule has 1 aliphatic carbocycles. The third kappa shape index (κ3) is 4.09. The first-order chi connectivity index (χ1) is 10.0. The molecule has 1 saturated carbocycles. The van der Waals surface area contributed by atoms with Crippen LogP contribution < -0.4 is 10.6 Å². The zero-order valence-electron chi connectivity index (χ0n) is 12.7. The molecular formula is C15H26N2O4. The number of carboxylic acid groups (broad SMARTS) is 1. The lowest BCUT2D eigenvalue weighted by Gasteiger charge is -2.33. The molecule has 6 nitrogen and oxygen atoms in total. The molecule has 1 saturated heterocycles. The quantitative estimate of drug-likeness (QED) is 0.721. The molecule has 0 aromatic rings. The van der Waals surface area contributed by atoms with Crippen molar-refractivity contribution in [2.45, 2.75) is 51.5 Å². The van der Waals surface area contributed by atoms with Crippen LogP contribution in [0.15, 0.2) is 0 Å². The molecule has 2 amide bonds. The second-order valence-corrected chi connectivity index (χ2v) is 6.39. The number of amides is 2. The third-order valence-corrected chi connectivity index (χ3v) is 4.88. The topological polar surface area (TPSA) is 87.7 Å². The Morgan fingerprint density at radius 2 is 2.05 bits per heavy atom. The zero-order chi connectivity index (χ0) is 15.3. The summed E-state index contributed by atoms with van der Waals surface area (Å²) in [5, 5.41) is 15.1. The predicted octanol–water partition coefficient (Wildman–Crippen LogP) is 1.75. The maximum absolute atomic E-state index is 12.0. The van der Waals surface area contributed by atoms with E-state index in [2.05, 4.69) is 10.6 Å². The van der Waals surface area contributed by atoms with Crippen molar-refractivity contribution in [1.82, 2.24) is 10.6 Å². The fourth-order valence-corrected chi connectivity index (χ4v) is 3.27. The average Bonchev–Trinajstić information content (AvgIpc) is 3.00. The van der Waals surface area contributed by atoms with Gasteiger partial charge in [-0.2, -0.15) is 0 Å². The van der Waals surface area contributed by atoms with Crippen LogP contribution in [-0.2, 0) is 9.53 Å². The van der Waals surface area contributed by atoms with E-state index in [0.717, 1.165) is 32.3 Å². The van der Waals surface area contributed by atoms with Crippen molar-refractivity contribution in [2.75, 3.05) is 19.8 Å². The van der Waals surface area contributed by atoms with Gasteiger partial charge in [0, 0.05) is 25.1 Å². The zero-order valence-corrected chi connectivity index (χ0v) is 12.7. The summed E-state index contributed by atoms with van der Waals surface area (Å²) in [6.45, 7) is 3.61. The summed E-state index contributed by atoms with van der Waals surface area (Å²) < 4.78 is 5.31. The van der Waals surface area contributed by atoms with Crippen molar-refractivity contribution < 1.29 is 19.4 Å². The number of carbonyl (C=O) groups is 2. The Labute approximate surface area is 125 Å². The molecule has 1 heterocycles. The number of hydrogen-bond donors (Lipinski definition) is 3. The van der Waals surface area contributed by atoms with E-state index in [0.29, 0.717) is 25.4 Å². The molecule has 21 heavy (non-hydrogen) atoms. The predicted molar refractivity (Wildman–Crippen MR) is 78.1 cm³/mol. The number of ether oxygens (including phenoxy) is 1. The van der Waals surface area contributed by atoms with Gasteiger partial charge < -0.3 is 20.5 Å². The van der Waals surface area contributed by atoms with E-state index < -0.39 is 11.4 Å². The van der Waals surface area contributed by atoms with Crippen LogP contribution in [-0.4, -0.2) is 42.9 Å². The Kier molecular flexibility index (Phi) is 5.45. The van der Waals surface area contributed by atoms with E-state index in [9.17, 15) is 14.7 Å². The number of urea groups is 1. The lowest BCUT2D eigenvalue weighted by molar-refractivity contribution is -0.150. The highest BCUT2D eigenvalue weighted by Gasteiger charge is 2.39. The van der Waals surface area contributed by atoms with Crippen LogP contribution in [0.2, 0.25) is 0 Å². The maximum atomic E-state index is 12.0. The summed E-state index contributed by atoms with van der Waals surface area (Å²) in [5.74, 6) is -0.446. The van der Waals surface area contributed by atoms with E-state index in [4.69, 9.17) is 4.74 Å². The second-order valence-electron chi connectivity index (χ2n) is 6.39. The fourth-order valence-electron chi connectivity index (χ4n) is 3.27. The summed E-state index contributed by atoms with van der Waals surface area (Å²) in [6, 6.07) is -0.236. The van der Waals surface area contributed by atoms with Crippen LogP contribution in [0.3, 0.4) is 0 Å². The minimum Gasteiger partial charge on any atom is -0.481 e. The number of aliphatic carboxylic acids is 1. The van der Waals surface area contributed by atoms with Crippen LogP contribution in [0.4, 0.5) is 4.79 Å². The minimum absolute atomic E-state index is 0.0413. The number of rotatable bonds is 5. The monoisotopic (exact) mass is 298 g/mol. The van der Waals surface area contributed by atoms with Gasteiger partial charge in [-0.1, -0.05) is 19.3 Å². The van der Waals surface area contributed by atoms with E-state index in [1.54, 1.807) is 0 Å². The number of carboxylic acids is 1. The van der Waals surface area contributed by atoms with Crippen LogP contribution in [0, 0.1) is 11.3 Å². The van der Waals surface area contributed by atoms with Gasteiger partial charge in [-0.05, 0) is 26.2 Å². The van der Waals surface area contributed by atoms with Gasteiger partial charge in [-0.15, -0.1) is 0 Å². The normalized spacial score (nSPS) is 26.0. The van der Waals surface area contributed by atoms with Gasteiger partial charge in [0.2, 0.25) is 0 Å². The number of hydrogen-bond acceptors (Lipinski definition) is 3. The first-order valence-corrected chi connectivity index (χ1v) is 7.89. The highest BCUT2D eigenvalue weighted by molar-refractivity contribution is 5.78. The largest absolute Gasteiger partial charge is 0.481 e. The molecule has 2 atom stereocenters. The van der Waals surface area contributed by atoms with Crippen LogP contribution in [0.25, 0.3) is 0 Å². The lowest BCUT2D eigenvalue weighted by Crippen LogP contribution is -2.50. The van der Waals surface area contributed by atoms with Crippen molar-refractivity contribution in [3.8, 4) is 0 Å². The van der Waals surface area contributed by atoms with Gasteiger partial charge in [0.05, 0.1) is 12.0 Å². The highest BCUT2D eigenvalue weighted by atomic mass is 16.5. The van der Waals surface area contributed by atoms with Gasteiger partial charge in [0.25, 0.3) is 0 Å². The smallest absolute Gasteiger partial charge is 0.315 e. The maximum Gasteiger partial charge on any atom is 0.315 e. The first kappa shape index (κ1) is 16.1. The molecule has 2 unspecified atom stereocenters. The third-order valence-electron chi connectivity index (χ3n) is 4.88. The average molecular weight is 298 g/mol. The Balaban J connectivity index is 1.80. The van der Waals surface area contributed by atoms with Crippen LogP contribution >= 0.6 is 0 Å². The van der Waals surface area contributed by atoms with Crippen molar-refractivity contribution >= 4 is 12.0 Å². The summed E-state index contributed by atoms with van der Waals surface area (Å²) >= 11 is 0. The Morgan fingerprint density at radius 1 is 1.33 bits per heavy atom. The standard InChI is InChI=1S/C15H26N2O4/c1-11(12-5-8-21-9-12)17-14(20)16-10-15(13(18)19)6-3-2-4-7-15/h11-12H,2-10H2,1H3,(H,18,19)(H2,16,17,20). The lowest BCUT2D eigenvalue weighted by atomic mass is 9.74. The van der Waals surface area contributed by atoms with Crippen molar-refractivity contribution in [1.29, 1.82) is 0 Å². The summed E-state index contributed by atoms with van der Waals surface area (Å²) in [6.07, 6.45) is 5.18. The van der Waals surface area contributed by atoms with E-state index >= 15 is 0 Å². The molecule has 120 valence electrons. The summed E-state index contributed by atoms with van der Waals surface area (Å²) in [7, 11) is 0. The van der Waals surface area contributed by atoms with Crippen molar-refractivity contribution in [3.05, 3.63) is 0 Å². The fraction of sp³-hybridized carbons (Fsp3) is 0.867. The molecular weight excluding hydrogens is 272 g/mol. The van der Waals surface area contributed by atoms with E-state index in [-0.39, 0.29) is 18.6 Å². The van der Waals surface area contributed by atoms with Crippen molar-refractivity contribution in [2.24, 2.45) is 11.3 Å². The Bertz CT molecular complexity index is 374. The van der Waals surface area contributed by atoms with E-state index in [1.807, 2.05) is 6.92 Å². The minimum atomic E-state index is -0.792. The van der Waals surface area contributed by atoms with Crippen molar-refractivity contribution in [3.63, 3.8) is 0 Å². The molecule has 0 bridgehead atoms. The molecule has 1 aliphatic heterocycles. The Hall–Kier alpha value is -1.30. The Morgan fingerprint density at radius 3 is 2.62 bits per heavy atom. The highest BCUT2D eigenvalue weighted by Crippen LogP contribution is 2.35. The molecule has 0 aromatic carbocycles. The van der Waals surface area contributed by atoms with Gasteiger partial charge in [0.1, 0.15) is 0 Å².